The van der Waals surface area contributed by atoms with Crippen molar-refractivity contribution < 1.29 is 13.9 Å². The molecule has 20 heavy (non-hydrogen) atoms. The van der Waals surface area contributed by atoms with Gasteiger partial charge in [0.1, 0.15) is 11.9 Å². The number of nitrogens with zero attached hydrogens (tertiary/aromatic N) is 2. The minimum Gasteiger partial charge on any atom is -0.448 e. The fraction of sp³-hybridized carbons (Fsp3) is 0.733. The molecule has 2 rings (SSSR count). The van der Waals surface area contributed by atoms with Crippen molar-refractivity contribution in [1.29, 1.82) is 0 Å². The van der Waals surface area contributed by atoms with Crippen molar-refractivity contribution in [3.8, 4) is 0 Å². The van der Waals surface area contributed by atoms with E-state index in [1.807, 2.05) is 34.7 Å². The molecule has 1 aliphatic rings. The van der Waals surface area contributed by atoms with Gasteiger partial charge in [-0.25, -0.2) is 9.78 Å². The normalized spacial score (nSPS) is 22.9. The van der Waals surface area contributed by atoms with E-state index in [1.165, 1.54) is 0 Å². The van der Waals surface area contributed by atoms with Crippen LogP contribution in [-0.2, 0) is 4.74 Å². The van der Waals surface area contributed by atoms with Crippen LogP contribution in [0.5, 0.6) is 0 Å². The van der Waals surface area contributed by atoms with Gasteiger partial charge < -0.3 is 14.1 Å². The van der Waals surface area contributed by atoms with Crippen molar-refractivity contribution in [2.24, 2.45) is 0 Å². The third-order valence-corrected chi connectivity index (χ3v) is 3.62. The van der Waals surface area contributed by atoms with E-state index in [2.05, 4.69) is 4.98 Å². The van der Waals surface area contributed by atoms with Crippen LogP contribution in [0.2, 0.25) is 0 Å². The van der Waals surface area contributed by atoms with E-state index in [0.29, 0.717) is 5.92 Å². The lowest BCUT2D eigenvalue weighted by atomic mass is 10.1. The Kier molecular flexibility index (Phi) is 4.06. The summed E-state index contributed by atoms with van der Waals surface area (Å²) in [5, 5.41) is 0. The number of oxazole rings is 1. The third kappa shape index (κ3) is 3.52. The Labute approximate surface area is 120 Å². The molecule has 5 nitrogen and oxygen atoms in total. The molecule has 0 aliphatic heterocycles. The topological polar surface area (TPSA) is 55.6 Å². The van der Waals surface area contributed by atoms with Crippen LogP contribution in [0.3, 0.4) is 0 Å². The van der Waals surface area contributed by atoms with Gasteiger partial charge in [0.25, 0.3) is 0 Å². The van der Waals surface area contributed by atoms with Crippen LogP contribution in [0, 0.1) is 6.92 Å². The Morgan fingerprint density at radius 2 is 2.15 bits per heavy atom. The lowest BCUT2D eigenvalue weighted by molar-refractivity contribution is 0.0225. The third-order valence-electron chi connectivity index (χ3n) is 3.62. The molecule has 0 N–H and O–H groups in total. The SMILES string of the molecule is Cc1coc([C@H]2CC[C@@H](N(C)C(=O)OC(C)(C)C)C2)n1. The lowest BCUT2D eigenvalue weighted by Gasteiger charge is -2.28. The average molecular weight is 280 g/mol. The lowest BCUT2D eigenvalue weighted by Crippen LogP contribution is -2.39. The highest BCUT2D eigenvalue weighted by atomic mass is 16.6. The van der Waals surface area contributed by atoms with Gasteiger partial charge in [0, 0.05) is 19.0 Å². The van der Waals surface area contributed by atoms with Crippen molar-refractivity contribution in [3.63, 3.8) is 0 Å². The molecule has 0 unspecified atom stereocenters. The number of aryl methyl sites for hydroxylation is 1. The molecule has 1 saturated carbocycles. The fourth-order valence-corrected chi connectivity index (χ4v) is 2.58. The van der Waals surface area contributed by atoms with Crippen LogP contribution in [0.1, 0.15) is 57.5 Å². The maximum absolute atomic E-state index is 12.1. The minimum absolute atomic E-state index is 0.196. The van der Waals surface area contributed by atoms with E-state index in [4.69, 9.17) is 9.15 Å². The minimum atomic E-state index is -0.455. The van der Waals surface area contributed by atoms with Gasteiger partial charge in [-0.3, -0.25) is 0 Å². The first kappa shape index (κ1) is 14.9. The summed E-state index contributed by atoms with van der Waals surface area (Å²) in [7, 11) is 1.81. The molecule has 1 amide bonds. The number of hydrogen-bond acceptors (Lipinski definition) is 4. The first-order valence-electron chi connectivity index (χ1n) is 7.14. The second kappa shape index (κ2) is 5.46. The number of rotatable bonds is 2. The maximum atomic E-state index is 12.1. The van der Waals surface area contributed by atoms with Crippen LogP contribution >= 0.6 is 0 Å². The molecular weight excluding hydrogens is 256 g/mol. The Bertz CT molecular complexity index is 476. The number of ether oxygens (including phenoxy) is 1. The average Bonchev–Trinajstić information content (AvgIpc) is 2.93. The van der Waals surface area contributed by atoms with Crippen LogP contribution in [-0.4, -0.2) is 34.7 Å². The van der Waals surface area contributed by atoms with Crippen LogP contribution in [0.4, 0.5) is 4.79 Å². The smallest absolute Gasteiger partial charge is 0.410 e. The van der Waals surface area contributed by atoms with Gasteiger partial charge in [0.05, 0.1) is 5.69 Å². The highest BCUT2D eigenvalue weighted by Crippen LogP contribution is 2.36. The van der Waals surface area contributed by atoms with E-state index >= 15 is 0 Å². The summed E-state index contributed by atoms with van der Waals surface area (Å²) in [4.78, 5) is 18.2. The number of aromatic nitrogens is 1. The van der Waals surface area contributed by atoms with Gasteiger partial charge in [0.15, 0.2) is 5.89 Å². The molecule has 1 aromatic rings. The predicted octanol–water partition coefficient (Wildman–Crippen LogP) is 3.49. The monoisotopic (exact) mass is 280 g/mol. The van der Waals surface area contributed by atoms with Gasteiger partial charge in [-0.15, -0.1) is 0 Å². The highest BCUT2D eigenvalue weighted by Gasteiger charge is 2.34. The quantitative estimate of drug-likeness (QED) is 0.832. The molecule has 0 aromatic carbocycles. The first-order chi connectivity index (χ1) is 9.26. The molecule has 0 bridgehead atoms. The summed E-state index contributed by atoms with van der Waals surface area (Å²) >= 11 is 0. The Morgan fingerprint density at radius 1 is 1.45 bits per heavy atom. The van der Waals surface area contributed by atoms with Crippen molar-refractivity contribution in [1.82, 2.24) is 9.88 Å². The van der Waals surface area contributed by atoms with Crippen LogP contribution < -0.4 is 0 Å². The van der Waals surface area contributed by atoms with Gasteiger partial charge in [-0.1, -0.05) is 0 Å². The van der Waals surface area contributed by atoms with Gasteiger partial charge in [-0.05, 0) is 47.0 Å². The van der Waals surface area contributed by atoms with Crippen molar-refractivity contribution in [3.05, 3.63) is 17.8 Å². The maximum Gasteiger partial charge on any atom is 0.410 e. The van der Waals surface area contributed by atoms with E-state index < -0.39 is 5.60 Å². The van der Waals surface area contributed by atoms with Gasteiger partial charge in [0.2, 0.25) is 0 Å². The van der Waals surface area contributed by atoms with Crippen LogP contribution in [0.25, 0.3) is 0 Å². The number of carbonyl (C=O) groups excluding carboxylic acids is 1. The number of amides is 1. The zero-order valence-corrected chi connectivity index (χ0v) is 13.0. The van der Waals surface area contributed by atoms with Crippen molar-refractivity contribution in [2.75, 3.05) is 7.05 Å². The van der Waals surface area contributed by atoms with E-state index in [-0.39, 0.29) is 12.1 Å². The second-order valence-electron chi connectivity index (χ2n) is 6.58. The zero-order chi connectivity index (χ0) is 14.9. The molecule has 5 heteroatoms. The molecule has 0 spiro atoms. The fourth-order valence-electron chi connectivity index (χ4n) is 2.58. The Morgan fingerprint density at radius 3 is 2.70 bits per heavy atom. The summed E-state index contributed by atoms with van der Waals surface area (Å²) in [5.74, 6) is 1.10. The molecule has 1 fully saturated rings. The molecule has 1 aliphatic carbocycles. The number of carbonyl (C=O) groups is 1. The summed E-state index contributed by atoms with van der Waals surface area (Å²) in [6.07, 6.45) is 4.27. The van der Waals surface area contributed by atoms with Crippen molar-refractivity contribution in [2.45, 2.75) is 64.5 Å². The van der Waals surface area contributed by atoms with E-state index in [0.717, 1.165) is 30.8 Å². The highest BCUT2D eigenvalue weighted by molar-refractivity contribution is 5.68. The number of hydrogen-bond donors (Lipinski definition) is 0. The molecule has 0 radical (unpaired) electrons. The zero-order valence-electron chi connectivity index (χ0n) is 13.0. The largest absolute Gasteiger partial charge is 0.448 e. The summed E-state index contributed by atoms with van der Waals surface area (Å²) in [6.45, 7) is 7.56. The Hall–Kier alpha value is -1.52. The molecule has 112 valence electrons. The molecule has 0 saturated heterocycles. The van der Waals surface area contributed by atoms with E-state index in [1.54, 1.807) is 11.2 Å². The summed E-state index contributed by atoms with van der Waals surface area (Å²) in [6, 6.07) is 0.196. The first-order valence-corrected chi connectivity index (χ1v) is 7.14. The van der Waals surface area contributed by atoms with E-state index in [9.17, 15) is 4.79 Å². The van der Waals surface area contributed by atoms with Crippen molar-refractivity contribution >= 4 is 6.09 Å². The summed E-state index contributed by atoms with van der Waals surface area (Å²) in [5.41, 5.74) is 0.451. The summed E-state index contributed by atoms with van der Waals surface area (Å²) < 4.78 is 10.9. The predicted molar refractivity (Wildman–Crippen MR) is 75.6 cm³/mol. The standard InChI is InChI=1S/C15H24N2O3/c1-10-9-19-13(16-10)11-6-7-12(8-11)17(5)14(18)20-15(2,3)4/h9,11-12H,6-8H2,1-5H3/t11-,12+/m0/s1. The molecule has 2 atom stereocenters. The van der Waals surface area contributed by atoms with Gasteiger partial charge in [-0.2, -0.15) is 0 Å². The molecule has 1 heterocycles. The Balaban J connectivity index is 1.93. The molecular formula is C15H24N2O3. The second-order valence-corrected chi connectivity index (χ2v) is 6.58. The van der Waals surface area contributed by atoms with Gasteiger partial charge >= 0.3 is 6.09 Å². The van der Waals surface area contributed by atoms with Crippen LogP contribution in [0.15, 0.2) is 10.7 Å². The molecule has 1 aromatic heterocycles.